The van der Waals surface area contributed by atoms with Gasteiger partial charge in [0.2, 0.25) is 5.69 Å². The molecule has 0 spiro atoms. The number of carbonyl (C=O) groups excluding carboxylic acids is 1. The fourth-order valence-electron chi connectivity index (χ4n) is 4.11. The molecule has 0 amide bonds. The van der Waals surface area contributed by atoms with Gasteiger partial charge in [-0.2, -0.15) is 5.26 Å². The van der Waals surface area contributed by atoms with Crippen molar-refractivity contribution in [1.82, 2.24) is 0 Å². The summed E-state index contributed by atoms with van der Waals surface area (Å²) in [6.07, 6.45) is 4.48. The van der Waals surface area contributed by atoms with Gasteiger partial charge in [0.15, 0.2) is 0 Å². The SMILES string of the molecule is [C-]#[N+]c1c(OC(=O)c2ccc(C3CCC(OCOCC4CO4)CC3)cc2)ccc(C)c1C#N. The van der Waals surface area contributed by atoms with E-state index in [-0.39, 0.29) is 29.2 Å². The van der Waals surface area contributed by atoms with Crippen LogP contribution >= 0.6 is 0 Å². The van der Waals surface area contributed by atoms with E-state index >= 15 is 0 Å². The minimum Gasteiger partial charge on any atom is -0.435 e. The van der Waals surface area contributed by atoms with Gasteiger partial charge in [-0.3, -0.25) is 0 Å². The number of carbonyl (C=O) groups is 1. The van der Waals surface area contributed by atoms with Gasteiger partial charge in [-0.25, -0.2) is 9.64 Å². The van der Waals surface area contributed by atoms with E-state index in [2.05, 4.69) is 4.85 Å². The van der Waals surface area contributed by atoms with Gasteiger partial charge in [0.25, 0.3) is 0 Å². The second-order valence-electron chi connectivity index (χ2n) is 8.42. The van der Waals surface area contributed by atoms with Crippen LogP contribution in [-0.2, 0) is 14.2 Å². The standard InChI is InChI=1S/C26H26N2O5/c1-17-3-12-24(25(28-2)23(17)13-27)33-26(29)20-6-4-18(5-7-20)19-8-10-21(11-9-19)32-16-30-14-22-15-31-22/h3-7,12,19,21-22H,8-11,14-16H2,1H3. The quantitative estimate of drug-likeness (QED) is 0.141. The number of nitrogens with zero attached hydrogens (tertiary/aromatic N) is 2. The van der Waals surface area contributed by atoms with Gasteiger partial charge in [0.1, 0.15) is 18.6 Å². The predicted molar refractivity (Wildman–Crippen MR) is 120 cm³/mol. The maximum Gasteiger partial charge on any atom is 0.342 e. The zero-order valence-electron chi connectivity index (χ0n) is 18.6. The van der Waals surface area contributed by atoms with Gasteiger partial charge in [0.05, 0.1) is 43.1 Å². The molecular formula is C26H26N2O5. The summed E-state index contributed by atoms with van der Waals surface area (Å²) in [5.41, 5.74) is 2.56. The average Bonchev–Trinajstić information content (AvgIpc) is 3.67. The number of ether oxygens (including phenoxy) is 4. The molecule has 1 aliphatic heterocycles. The third-order valence-corrected chi connectivity index (χ3v) is 6.16. The molecule has 0 radical (unpaired) electrons. The van der Waals surface area contributed by atoms with Gasteiger partial charge < -0.3 is 18.9 Å². The molecule has 33 heavy (non-hydrogen) atoms. The molecule has 7 nitrogen and oxygen atoms in total. The van der Waals surface area contributed by atoms with E-state index in [0.717, 1.165) is 32.3 Å². The normalized spacial score (nSPS) is 21.6. The summed E-state index contributed by atoms with van der Waals surface area (Å²) in [7, 11) is 0. The first-order valence-corrected chi connectivity index (χ1v) is 11.1. The minimum atomic E-state index is -0.548. The first kappa shape index (κ1) is 22.9. The molecule has 1 heterocycles. The number of aryl methyl sites for hydroxylation is 1. The zero-order valence-corrected chi connectivity index (χ0v) is 18.6. The van der Waals surface area contributed by atoms with Crippen LogP contribution in [0.4, 0.5) is 5.69 Å². The summed E-state index contributed by atoms with van der Waals surface area (Å²) < 4.78 is 21.8. The Balaban J connectivity index is 1.30. The molecule has 170 valence electrons. The van der Waals surface area contributed by atoms with Crippen LogP contribution in [0.25, 0.3) is 4.85 Å². The Kier molecular flexibility index (Phi) is 7.36. The highest BCUT2D eigenvalue weighted by molar-refractivity contribution is 5.92. The lowest BCUT2D eigenvalue weighted by Gasteiger charge is -2.28. The van der Waals surface area contributed by atoms with E-state index in [1.54, 1.807) is 31.2 Å². The monoisotopic (exact) mass is 446 g/mol. The molecule has 2 aromatic rings. The zero-order chi connectivity index (χ0) is 23.2. The molecule has 2 aromatic carbocycles. The predicted octanol–water partition coefficient (Wildman–Crippen LogP) is 5.05. The van der Waals surface area contributed by atoms with E-state index < -0.39 is 5.97 Å². The smallest absolute Gasteiger partial charge is 0.342 e. The number of hydrogen-bond acceptors (Lipinski definition) is 6. The Morgan fingerprint density at radius 1 is 1.18 bits per heavy atom. The van der Waals surface area contributed by atoms with E-state index in [9.17, 15) is 10.1 Å². The van der Waals surface area contributed by atoms with Crippen LogP contribution in [0.3, 0.4) is 0 Å². The first-order chi connectivity index (χ1) is 16.1. The second kappa shape index (κ2) is 10.6. The maximum absolute atomic E-state index is 12.6. The highest BCUT2D eigenvalue weighted by Gasteiger charge is 2.25. The van der Waals surface area contributed by atoms with Crippen molar-refractivity contribution < 1.29 is 23.7 Å². The van der Waals surface area contributed by atoms with Crippen molar-refractivity contribution in [3.63, 3.8) is 0 Å². The minimum absolute atomic E-state index is 0.0627. The van der Waals surface area contributed by atoms with Crippen LogP contribution in [0.15, 0.2) is 36.4 Å². The molecule has 2 fully saturated rings. The molecule has 0 bridgehead atoms. The molecule has 1 aliphatic carbocycles. The number of hydrogen-bond donors (Lipinski definition) is 0. The molecule has 1 saturated carbocycles. The summed E-state index contributed by atoms with van der Waals surface area (Å²) in [5.74, 6) is -0.0132. The lowest BCUT2D eigenvalue weighted by Crippen LogP contribution is -2.22. The van der Waals surface area contributed by atoms with Gasteiger partial charge in [-0.1, -0.05) is 18.2 Å². The number of epoxide rings is 1. The van der Waals surface area contributed by atoms with Gasteiger partial charge in [-0.15, -0.1) is 0 Å². The Labute approximate surface area is 193 Å². The molecule has 1 saturated heterocycles. The molecule has 2 aliphatic rings. The van der Waals surface area contributed by atoms with Crippen LogP contribution in [0, 0.1) is 24.8 Å². The summed E-state index contributed by atoms with van der Waals surface area (Å²) in [5, 5.41) is 9.30. The Bertz CT molecular complexity index is 1070. The molecule has 1 unspecified atom stereocenters. The maximum atomic E-state index is 12.6. The molecule has 7 heteroatoms. The van der Waals surface area contributed by atoms with E-state index in [1.807, 2.05) is 18.2 Å². The van der Waals surface area contributed by atoms with Crippen molar-refractivity contribution in [1.29, 1.82) is 5.26 Å². The molecule has 1 atom stereocenters. The lowest BCUT2D eigenvalue weighted by molar-refractivity contribution is -0.102. The molecular weight excluding hydrogens is 420 g/mol. The summed E-state index contributed by atoms with van der Waals surface area (Å²) in [6, 6.07) is 12.7. The molecule has 0 aromatic heterocycles. The first-order valence-electron chi connectivity index (χ1n) is 11.1. The van der Waals surface area contributed by atoms with Crippen LogP contribution in [0.2, 0.25) is 0 Å². The highest BCUT2D eigenvalue weighted by atomic mass is 16.7. The fraction of sp³-hybridized carbons (Fsp3) is 0.423. The van der Waals surface area contributed by atoms with Crippen molar-refractivity contribution in [2.24, 2.45) is 0 Å². The van der Waals surface area contributed by atoms with Gasteiger partial charge in [-0.05, 0) is 67.9 Å². The Morgan fingerprint density at radius 2 is 1.91 bits per heavy atom. The van der Waals surface area contributed by atoms with Crippen LogP contribution in [0.1, 0.15) is 58.6 Å². The van der Waals surface area contributed by atoms with Crippen molar-refractivity contribution in [2.45, 2.75) is 50.7 Å². The highest BCUT2D eigenvalue weighted by Crippen LogP contribution is 2.35. The topological polar surface area (TPSA) is 85.4 Å². The summed E-state index contributed by atoms with van der Waals surface area (Å²) in [6.45, 7) is 10.8. The van der Waals surface area contributed by atoms with Gasteiger partial charge >= 0.3 is 5.97 Å². The molecule has 0 N–H and O–H groups in total. The molecule has 4 rings (SSSR count). The number of rotatable bonds is 8. The average molecular weight is 447 g/mol. The summed E-state index contributed by atoms with van der Waals surface area (Å²) >= 11 is 0. The Hall–Kier alpha value is -3.23. The van der Waals surface area contributed by atoms with Crippen LogP contribution < -0.4 is 4.74 Å². The van der Waals surface area contributed by atoms with Crippen molar-refractivity contribution in [2.75, 3.05) is 20.0 Å². The second-order valence-corrected chi connectivity index (χ2v) is 8.42. The largest absolute Gasteiger partial charge is 0.435 e. The van der Waals surface area contributed by atoms with E-state index in [1.165, 1.54) is 5.56 Å². The van der Waals surface area contributed by atoms with Crippen LogP contribution in [0.5, 0.6) is 5.75 Å². The van der Waals surface area contributed by atoms with E-state index in [0.29, 0.717) is 30.4 Å². The van der Waals surface area contributed by atoms with Crippen LogP contribution in [-0.4, -0.2) is 38.2 Å². The van der Waals surface area contributed by atoms with Crippen molar-refractivity contribution >= 4 is 11.7 Å². The van der Waals surface area contributed by atoms with E-state index in [4.69, 9.17) is 25.5 Å². The number of benzene rings is 2. The number of nitriles is 1. The van der Waals surface area contributed by atoms with Gasteiger partial charge in [0, 0.05) is 0 Å². The summed E-state index contributed by atoms with van der Waals surface area (Å²) in [4.78, 5) is 16.0. The third kappa shape index (κ3) is 5.77. The lowest BCUT2D eigenvalue weighted by atomic mass is 9.82. The van der Waals surface area contributed by atoms with Crippen molar-refractivity contribution in [3.05, 3.63) is 70.1 Å². The fourth-order valence-corrected chi connectivity index (χ4v) is 4.11. The Morgan fingerprint density at radius 3 is 2.55 bits per heavy atom. The van der Waals surface area contributed by atoms with Crippen molar-refractivity contribution in [3.8, 4) is 11.8 Å². The number of esters is 1. The third-order valence-electron chi connectivity index (χ3n) is 6.16.